The lowest BCUT2D eigenvalue weighted by Gasteiger charge is -2.15. The van der Waals surface area contributed by atoms with E-state index in [1.54, 1.807) is 6.07 Å². The molecule has 0 aliphatic heterocycles. The molecule has 0 aromatic heterocycles. The van der Waals surface area contributed by atoms with Crippen molar-refractivity contribution in [1.29, 1.82) is 0 Å². The summed E-state index contributed by atoms with van der Waals surface area (Å²) >= 11 is 0. The van der Waals surface area contributed by atoms with Gasteiger partial charge in [-0.3, -0.25) is 0 Å². The summed E-state index contributed by atoms with van der Waals surface area (Å²) in [5, 5.41) is 11.7. The number of hydrogen-bond acceptors (Lipinski definition) is 3. The summed E-state index contributed by atoms with van der Waals surface area (Å²) in [6.45, 7) is 0.656. The fourth-order valence-corrected chi connectivity index (χ4v) is 2.12. The highest BCUT2D eigenvalue weighted by molar-refractivity contribution is 5.91. The number of fused-ring (bicyclic) bond motifs is 1. The zero-order valence-corrected chi connectivity index (χ0v) is 11.0. The Balaban J connectivity index is 0.00000162. The second-order valence-electron chi connectivity index (χ2n) is 4.26. The summed E-state index contributed by atoms with van der Waals surface area (Å²) < 4.78 is 0. The number of halogens is 1. The van der Waals surface area contributed by atoms with Crippen LogP contribution in [-0.2, 0) is 0 Å². The van der Waals surface area contributed by atoms with Crippen molar-refractivity contribution >= 4 is 23.2 Å². The van der Waals surface area contributed by atoms with Gasteiger partial charge in [0, 0.05) is 11.4 Å². The molecule has 18 heavy (non-hydrogen) atoms. The van der Waals surface area contributed by atoms with Crippen LogP contribution in [0.4, 0.5) is 0 Å². The van der Waals surface area contributed by atoms with E-state index >= 15 is 0 Å². The zero-order chi connectivity index (χ0) is 12.3. The predicted molar refractivity (Wildman–Crippen MR) is 78.1 cm³/mol. The minimum Gasteiger partial charge on any atom is -0.507 e. The van der Waals surface area contributed by atoms with E-state index in [1.165, 1.54) is 0 Å². The third-order valence-electron chi connectivity index (χ3n) is 3.05. The van der Waals surface area contributed by atoms with Crippen molar-refractivity contribution in [1.82, 2.24) is 0 Å². The molecule has 0 radical (unpaired) electrons. The van der Waals surface area contributed by atoms with Gasteiger partial charge in [-0.25, -0.2) is 0 Å². The standard InChI is InChI=1S/C14H18N2O.ClH/c15-9-3-6-13(16)11-7-8-14(17)12-5-2-1-4-10(11)12;/h1-2,4-5,7-8,13,17H,3,6,9,15-16H2;1H/t13-;/m1./s1. The molecule has 0 aliphatic carbocycles. The molecule has 98 valence electrons. The second-order valence-corrected chi connectivity index (χ2v) is 4.26. The molecule has 0 spiro atoms. The van der Waals surface area contributed by atoms with Gasteiger partial charge in [0.2, 0.25) is 0 Å². The molecule has 0 fully saturated rings. The van der Waals surface area contributed by atoms with Crippen LogP contribution in [0.25, 0.3) is 10.8 Å². The molecule has 0 saturated carbocycles. The molecular formula is C14H19ClN2O. The Kier molecular flexibility index (Phi) is 5.41. The van der Waals surface area contributed by atoms with E-state index in [0.29, 0.717) is 12.3 Å². The first-order chi connectivity index (χ1) is 8.24. The van der Waals surface area contributed by atoms with Crippen LogP contribution >= 0.6 is 12.4 Å². The van der Waals surface area contributed by atoms with Gasteiger partial charge in [0.1, 0.15) is 5.75 Å². The van der Waals surface area contributed by atoms with E-state index in [2.05, 4.69) is 0 Å². The average Bonchev–Trinajstić information content (AvgIpc) is 2.37. The summed E-state index contributed by atoms with van der Waals surface area (Å²) in [6.07, 6.45) is 1.78. The lowest BCUT2D eigenvalue weighted by atomic mass is 9.96. The highest BCUT2D eigenvalue weighted by Gasteiger charge is 2.11. The topological polar surface area (TPSA) is 72.3 Å². The molecule has 2 aromatic rings. The highest BCUT2D eigenvalue weighted by atomic mass is 35.5. The van der Waals surface area contributed by atoms with Crippen molar-refractivity contribution < 1.29 is 5.11 Å². The number of rotatable bonds is 4. The molecule has 1 atom stereocenters. The van der Waals surface area contributed by atoms with E-state index in [-0.39, 0.29) is 18.4 Å². The quantitative estimate of drug-likeness (QED) is 0.797. The Labute approximate surface area is 113 Å². The SMILES string of the molecule is Cl.NCCC[C@@H](N)c1ccc(O)c2ccccc12. The van der Waals surface area contributed by atoms with E-state index < -0.39 is 0 Å². The maximum atomic E-state index is 9.79. The van der Waals surface area contributed by atoms with E-state index in [9.17, 15) is 5.11 Å². The van der Waals surface area contributed by atoms with E-state index in [1.807, 2.05) is 30.3 Å². The van der Waals surface area contributed by atoms with Crippen LogP contribution in [0.15, 0.2) is 36.4 Å². The minimum absolute atomic E-state index is 0. The van der Waals surface area contributed by atoms with Crippen LogP contribution in [0.2, 0.25) is 0 Å². The molecular weight excluding hydrogens is 248 g/mol. The van der Waals surface area contributed by atoms with Crippen LogP contribution in [-0.4, -0.2) is 11.7 Å². The average molecular weight is 267 g/mol. The van der Waals surface area contributed by atoms with Crippen molar-refractivity contribution in [2.24, 2.45) is 11.5 Å². The van der Waals surface area contributed by atoms with Crippen molar-refractivity contribution in [2.75, 3.05) is 6.54 Å². The molecule has 2 rings (SSSR count). The molecule has 2 aromatic carbocycles. The number of hydrogen-bond donors (Lipinski definition) is 3. The summed E-state index contributed by atoms with van der Waals surface area (Å²) in [6, 6.07) is 11.4. The van der Waals surface area contributed by atoms with E-state index in [4.69, 9.17) is 11.5 Å². The molecule has 3 nitrogen and oxygen atoms in total. The van der Waals surface area contributed by atoms with Crippen LogP contribution in [0, 0.1) is 0 Å². The lowest BCUT2D eigenvalue weighted by Crippen LogP contribution is -2.12. The summed E-state index contributed by atoms with van der Waals surface area (Å²) in [4.78, 5) is 0. The van der Waals surface area contributed by atoms with Crippen LogP contribution in [0.5, 0.6) is 5.75 Å². The first-order valence-electron chi connectivity index (χ1n) is 5.90. The van der Waals surface area contributed by atoms with Gasteiger partial charge < -0.3 is 16.6 Å². The molecule has 0 unspecified atom stereocenters. The van der Waals surface area contributed by atoms with Gasteiger partial charge in [-0.15, -0.1) is 12.4 Å². The Bertz CT molecular complexity index is 516. The van der Waals surface area contributed by atoms with Gasteiger partial charge in [-0.05, 0) is 36.4 Å². The Hall–Kier alpha value is -1.29. The normalized spacial score (nSPS) is 12.1. The van der Waals surface area contributed by atoms with Gasteiger partial charge in [0.05, 0.1) is 0 Å². The summed E-state index contributed by atoms with van der Waals surface area (Å²) in [5.74, 6) is 0.301. The minimum atomic E-state index is -0.0240. The molecule has 4 heteroatoms. The predicted octanol–water partition coefficient (Wildman–Crippen LogP) is 2.71. The molecule has 0 heterocycles. The van der Waals surface area contributed by atoms with Crippen molar-refractivity contribution in [3.63, 3.8) is 0 Å². The highest BCUT2D eigenvalue weighted by Crippen LogP contribution is 2.31. The third-order valence-corrected chi connectivity index (χ3v) is 3.05. The maximum Gasteiger partial charge on any atom is 0.123 e. The zero-order valence-electron chi connectivity index (χ0n) is 10.2. The number of benzene rings is 2. The monoisotopic (exact) mass is 266 g/mol. The lowest BCUT2D eigenvalue weighted by molar-refractivity contribution is 0.481. The van der Waals surface area contributed by atoms with E-state index in [0.717, 1.165) is 29.2 Å². The number of phenolic OH excluding ortho intramolecular Hbond substituents is 1. The Morgan fingerprint density at radius 1 is 1.06 bits per heavy atom. The molecule has 0 amide bonds. The fraction of sp³-hybridized carbons (Fsp3) is 0.286. The summed E-state index contributed by atoms with van der Waals surface area (Å²) in [7, 11) is 0. The van der Waals surface area contributed by atoms with Gasteiger partial charge >= 0.3 is 0 Å². The smallest absolute Gasteiger partial charge is 0.123 e. The second kappa shape index (κ2) is 6.59. The molecule has 0 saturated heterocycles. The van der Waals surface area contributed by atoms with Crippen molar-refractivity contribution in [3.05, 3.63) is 42.0 Å². The number of nitrogens with two attached hydrogens (primary N) is 2. The Morgan fingerprint density at radius 2 is 1.72 bits per heavy atom. The molecule has 0 bridgehead atoms. The number of phenols is 1. The van der Waals surface area contributed by atoms with Crippen LogP contribution in [0.3, 0.4) is 0 Å². The van der Waals surface area contributed by atoms with Gasteiger partial charge in [0.15, 0.2) is 0 Å². The number of aromatic hydroxyl groups is 1. The first-order valence-corrected chi connectivity index (χ1v) is 5.90. The summed E-state index contributed by atoms with van der Waals surface area (Å²) in [5.41, 5.74) is 12.7. The third kappa shape index (κ3) is 2.93. The van der Waals surface area contributed by atoms with Gasteiger partial charge in [-0.2, -0.15) is 0 Å². The van der Waals surface area contributed by atoms with Gasteiger partial charge in [-0.1, -0.05) is 30.3 Å². The molecule has 0 aliphatic rings. The van der Waals surface area contributed by atoms with Crippen LogP contribution in [0.1, 0.15) is 24.4 Å². The Morgan fingerprint density at radius 3 is 2.39 bits per heavy atom. The fourth-order valence-electron chi connectivity index (χ4n) is 2.12. The van der Waals surface area contributed by atoms with Gasteiger partial charge in [0.25, 0.3) is 0 Å². The van der Waals surface area contributed by atoms with Crippen LogP contribution < -0.4 is 11.5 Å². The largest absolute Gasteiger partial charge is 0.507 e. The maximum absolute atomic E-state index is 9.79. The van der Waals surface area contributed by atoms with Crippen molar-refractivity contribution in [3.8, 4) is 5.75 Å². The first kappa shape index (κ1) is 14.8. The van der Waals surface area contributed by atoms with Crippen molar-refractivity contribution in [2.45, 2.75) is 18.9 Å². The molecule has 5 N–H and O–H groups in total.